The molecule has 6 nitrogen and oxygen atoms in total. The Kier molecular flexibility index (Phi) is 6.90. The number of nitrogens with zero attached hydrogens (tertiary/aromatic N) is 1. The second-order valence-corrected chi connectivity index (χ2v) is 8.02. The van der Waals surface area contributed by atoms with E-state index in [0.717, 1.165) is 27.9 Å². The Bertz CT molecular complexity index is 1090. The molecule has 2 N–H and O–H groups in total. The Labute approximate surface area is 183 Å². The first-order chi connectivity index (χ1) is 14.7. The van der Waals surface area contributed by atoms with Crippen molar-refractivity contribution in [3.63, 3.8) is 0 Å². The topological polar surface area (TPSA) is 84.2 Å². The summed E-state index contributed by atoms with van der Waals surface area (Å²) < 4.78 is 5.79. The monoisotopic (exact) mass is 419 g/mol. The fourth-order valence-corrected chi connectivity index (χ4v) is 3.50. The second kappa shape index (κ2) is 9.60. The summed E-state index contributed by atoms with van der Waals surface area (Å²) in [5.41, 5.74) is 7.31. The minimum Gasteiger partial charge on any atom is -0.441 e. The molecule has 0 bridgehead atoms. The summed E-state index contributed by atoms with van der Waals surface area (Å²) in [6, 6.07) is 10.1. The summed E-state index contributed by atoms with van der Waals surface area (Å²) in [5, 5.41) is 5.54. The van der Waals surface area contributed by atoms with Gasteiger partial charge in [0.2, 0.25) is 11.8 Å². The zero-order chi connectivity index (χ0) is 22.5. The molecule has 3 rings (SSSR count). The van der Waals surface area contributed by atoms with Gasteiger partial charge in [-0.2, -0.15) is 0 Å². The van der Waals surface area contributed by atoms with Crippen LogP contribution >= 0.6 is 0 Å². The molecule has 0 saturated carbocycles. The van der Waals surface area contributed by atoms with Gasteiger partial charge >= 0.3 is 0 Å². The maximum atomic E-state index is 12.2. The van der Waals surface area contributed by atoms with Crippen LogP contribution in [0.4, 0.5) is 5.69 Å². The lowest BCUT2D eigenvalue weighted by Crippen LogP contribution is -2.33. The maximum absolute atomic E-state index is 12.2. The summed E-state index contributed by atoms with van der Waals surface area (Å²) in [6.07, 6.45) is 2.24. The number of benzene rings is 2. The molecule has 6 heteroatoms. The van der Waals surface area contributed by atoms with Gasteiger partial charge in [0.15, 0.2) is 11.7 Å². The number of hydrogen-bond acceptors (Lipinski definition) is 4. The number of amides is 2. The number of aromatic nitrogens is 1. The average molecular weight is 420 g/mol. The first-order valence-corrected chi connectivity index (χ1v) is 10.4. The zero-order valence-corrected chi connectivity index (χ0v) is 18.8. The highest BCUT2D eigenvalue weighted by molar-refractivity contribution is 5.95. The molecule has 0 spiro atoms. The summed E-state index contributed by atoms with van der Waals surface area (Å²) in [4.78, 5) is 28.7. The molecule has 0 radical (unpaired) electrons. The molecule has 0 saturated heterocycles. The zero-order valence-electron chi connectivity index (χ0n) is 18.8. The van der Waals surface area contributed by atoms with Gasteiger partial charge in [-0.3, -0.25) is 9.59 Å². The Morgan fingerprint density at radius 1 is 0.903 bits per heavy atom. The Morgan fingerprint density at radius 3 is 2.29 bits per heavy atom. The quantitative estimate of drug-likeness (QED) is 0.587. The molecule has 1 aromatic heterocycles. The van der Waals surface area contributed by atoms with E-state index >= 15 is 0 Å². The largest absolute Gasteiger partial charge is 0.441 e. The summed E-state index contributed by atoms with van der Waals surface area (Å²) in [6.45, 7) is 9.97. The van der Waals surface area contributed by atoms with E-state index in [1.54, 1.807) is 6.20 Å². The number of nitrogens with one attached hydrogen (secondary N) is 2. The van der Waals surface area contributed by atoms with Crippen LogP contribution in [0.15, 0.2) is 40.9 Å². The van der Waals surface area contributed by atoms with Gasteiger partial charge in [-0.05, 0) is 62.9 Å². The third-order valence-corrected chi connectivity index (χ3v) is 5.30. The Balaban J connectivity index is 1.48. The van der Waals surface area contributed by atoms with Crippen molar-refractivity contribution >= 4 is 17.5 Å². The van der Waals surface area contributed by atoms with Gasteiger partial charge in [-0.1, -0.05) is 29.8 Å². The second-order valence-electron chi connectivity index (χ2n) is 8.02. The van der Waals surface area contributed by atoms with Crippen LogP contribution in [0.2, 0.25) is 0 Å². The van der Waals surface area contributed by atoms with Crippen LogP contribution in [0, 0.1) is 34.6 Å². The lowest BCUT2D eigenvalue weighted by atomic mass is 10.1. The molecule has 1 heterocycles. The van der Waals surface area contributed by atoms with Crippen molar-refractivity contribution in [2.24, 2.45) is 0 Å². The van der Waals surface area contributed by atoms with Crippen LogP contribution in [0.25, 0.3) is 11.3 Å². The van der Waals surface area contributed by atoms with Crippen LogP contribution in [0.1, 0.15) is 40.1 Å². The Morgan fingerprint density at radius 2 is 1.61 bits per heavy atom. The van der Waals surface area contributed by atoms with Crippen molar-refractivity contribution in [1.82, 2.24) is 10.3 Å². The number of anilines is 1. The van der Waals surface area contributed by atoms with Crippen LogP contribution in [0.5, 0.6) is 0 Å². The molecule has 2 amide bonds. The fourth-order valence-electron chi connectivity index (χ4n) is 3.50. The van der Waals surface area contributed by atoms with Gasteiger partial charge in [0.05, 0.1) is 12.7 Å². The molecule has 0 fully saturated rings. The highest BCUT2D eigenvalue weighted by atomic mass is 16.4. The van der Waals surface area contributed by atoms with E-state index in [-0.39, 0.29) is 24.8 Å². The number of oxazole rings is 1. The van der Waals surface area contributed by atoms with Gasteiger partial charge in [0.1, 0.15) is 0 Å². The summed E-state index contributed by atoms with van der Waals surface area (Å²) in [5.74, 6) is 0.704. The van der Waals surface area contributed by atoms with E-state index < -0.39 is 0 Å². The first-order valence-electron chi connectivity index (χ1n) is 10.4. The predicted octanol–water partition coefficient (Wildman–Crippen LogP) is 4.57. The third-order valence-electron chi connectivity index (χ3n) is 5.30. The lowest BCUT2D eigenvalue weighted by molar-refractivity contribution is -0.124. The molecule has 0 atom stereocenters. The van der Waals surface area contributed by atoms with Crippen molar-refractivity contribution in [3.8, 4) is 11.3 Å². The normalized spacial score (nSPS) is 10.7. The molecule has 0 aliphatic rings. The third kappa shape index (κ3) is 5.81. The van der Waals surface area contributed by atoms with Crippen molar-refractivity contribution < 1.29 is 14.0 Å². The molecule has 2 aromatic carbocycles. The molecule has 162 valence electrons. The van der Waals surface area contributed by atoms with E-state index in [0.29, 0.717) is 18.1 Å². The average Bonchev–Trinajstić information content (AvgIpc) is 3.18. The van der Waals surface area contributed by atoms with Gasteiger partial charge in [-0.15, -0.1) is 0 Å². The van der Waals surface area contributed by atoms with Gasteiger partial charge in [0.25, 0.3) is 0 Å². The lowest BCUT2D eigenvalue weighted by Gasteiger charge is -2.13. The molecule has 31 heavy (non-hydrogen) atoms. The number of rotatable bonds is 7. The van der Waals surface area contributed by atoms with Crippen LogP contribution < -0.4 is 10.6 Å². The molecule has 0 aliphatic heterocycles. The number of hydrogen-bond donors (Lipinski definition) is 2. The van der Waals surface area contributed by atoms with E-state index in [1.807, 2.05) is 45.0 Å². The van der Waals surface area contributed by atoms with E-state index in [1.165, 1.54) is 11.1 Å². The van der Waals surface area contributed by atoms with Gasteiger partial charge in [0, 0.05) is 24.1 Å². The van der Waals surface area contributed by atoms with Crippen LogP contribution in [0.3, 0.4) is 0 Å². The first kappa shape index (κ1) is 22.3. The van der Waals surface area contributed by atoms with Crippen molar-refractivity contribution in [1.29, 1.82) is 0 Å². The number of carbonyl (C=O) groups is 2. The number of carbonyl (C=O) groups excluding carboxylic acids is 2. The van der Waals surface area contributed by atoms with Crippen molar-refractivity contribution in [2.45, 2.75) is 47.5 Å². The molecule has 0 aliphatic carbocycles. The standard InChI is InChI=1S/C25H29N3O3/c1-15-10-18(4)25(19(5)11-15)28-23(30)14-26-22(29)8-9-24-27-13-21(31-24)20-7-6-16(2)17(3)12-20/h6-7,10-13H,8-9,14H2,1-5H3,(H,26,29)(H,28,30). The van der Waals surface area contributed by atoms with Crippen LogP contribution in [-0.4, -0.2) is 23.3 Å². The molecule has 0 unspecified atom stereocenters. The van der Waals surface area contributed by atoms with Gasteiger partial charge in [-0.25, -0.2) is 4.98 Å². The minimum absolute atomic E-state index is 0.0783. The van der Waals surface area contributed by atoms with E-state index in [9.17, 15) is 9.59 Å². The maximum Gasteiger partial charge on any atom is 0.243 e. The molecular weight excluding hydrogens is 390 g/mol. The molecular formula is C25H29N3O3. The highest BCUT2D eigenvalue weighted by Crippen LogP contribution is 2.24. The molecule has 3 aromatic rings. The van der Waals surface area contributed by atoms with Crippen molar-refractivity contribution in [3.05, 3.63) is 70.2 Å². The van der Waals surface area contributed by atoms with Crippen molar-refractivity contribution in [2.75, 3.05) is 11.9 Å². The van der Waals surface area contributed by atoms with Gasteiger partial charge < -0.3 is 15.1 Å². The predicted molar refractivity (Wildman–Crippen MR) is 122 cm³/mol. The highest BCUT2D eigenvalue weighted by Gasteiger charge is 2.12. The SMILES string of the molecule is Cc1cc(C)c(NC(=O)CNC(=O)CCc2ncc(-c3ccc(C)c(C)c3)o2)c(C)c1. The van der Waals surface area contributed by atoms with Crippen LogP contribution in [-0.2, 0) is 16.0 Å². The summed E-state index contributed by atoms with van der Waals surface area (Å²) >= 11 is 0. The van der Waals surface area contributed by atoms with E-state index in [2.05, 4.69) is 35.5 Å². The fraction of sp³-hybridized carbons (Fsp3) is 0.320. The minimum atomic E-state index is -0.253. The summed E-state index contributed by atoms with van der Waals surface area (Å²) in [7, 11) is 0. The van der Waals surface area contributed by atoms with E-state index in [4.69, 9.17) is 4.42 Å². The number of aryl methyl sites for hydroxylation is 6. The smallest absolute Gasteiger partial charge is 0.243 e. The Hall–Kier alpha value is -3.41.